The van der Waals surface area contributed by atoms with Gasteiger partial charge in [-0.3, -0.25) is 0 Å². The van der Waals surface area contributed by atoms with Crippen molar-refractivity contribution in [2.75, 3.05) is 19.6 Å². The van der Waals surface area contributed by atoms with E-state index in [1.54, 1.807) is 0 Å². The minimum atomic E-state index is 1.08. The van der Waals surface area contributed by atoms with E-state index in [4.69, 9.17) is 0 Å². The molecule has 0 radical (unpaired) electrons. The topological polar surface area (TPSA) is 19.0 Å². The Morgan fingerprint density at radius 2 is 1.38 bits per heavy atom. The van der Waals surface area contributed by atoms with E-state index in [0.717, 1.165) is 13.0 Å². The molecule has 1 saturated heterocycles. The van der Waals surface area contributed by atoms with Crippen LogP contribution in [0.4, 0.5) is 0 Å². The third kappa shape index (κ3) is 3.73. The van der Waals surface area contributed by atoms with E-state index in [1.165, 1.54) is 71.2 Å². The third-order valence-electron chi connectivity index (χ3n) is 6.20. The van der Waals surface area contributed by atoms with Crippen molar-refractivity contribution in [1.82, 2.24) is 9.88 Å². The Bertz CT molecular complexity index is 1070. The molecular weight excluding hydrogens is 352 g/mol. The van der Waals surface area contributed by atoms with Crippen LogP contribution in [-0.4, -0.2) is 29.5 Å². The summed E-state index contributed by atoms with van der Waals surface area (Å²) in [5.74, 6) is 0. The van der Waals surface area contributed by atoms with Gasteiger partial charge in [-0.05, 0) is 60.7 Å². The molecule has 1 aliphatic rings. The maximum Gasteiger partial charge on any atom is 0.0498 e. The first-order chi connectivity index (χ1) is 14.4. The molecule has 3 aromatic carbocycles. The molecule has 0 bridgehead atoms. The zero-order valence-electron chi connectivity index (χ0n) is 16.9. The molecule has 0 amide bonds. The number of piperidine rings is 1. The fourth-order valence-electron chi connectivity index (χ4n) is 4.73. The summed E-state index contributed by atoms with van der Waals surface area (Å²) >= 11 is 0. The lowest BCUT2D eigenvalue weighted by molar-refractivity contribution is 0.232. The van der Waals surface area contributed by atoms with E-state index >= 15 is 0 Å². The molecule has 0 aliphatic carbocycles. The first kappa shape index (κ1) is 18.2. The van der Waals surface area contributed by atoms with Gasteiger partial charge in [0.1, 0.15) is 0 Å². The van der Waals surface area contributed by atoms with Gasteiger partial charge in [0.15, 0.2) is 0 Å². The van der Waals surface area contributed by atoms with E-state index in [1.807, 2.05) is 0 Å². The van der Waals surface area contributed by atoms with Crippen molar-refractivity contribution in [1.29, 1.82) is 0 Å². The summed E-state index contributed by atoms with van der Waals surface area (Å²) in [4.78, 5) is 6.40. The Morgan fingerprint density at radius 3 is 2.10 bits per heavy atom. The molecule has 0 atom stereocenters. The van der Waals surface area contributed by atoms with Gasteiger partial charge < -0.3 is 9.88 Å². The molecule has 4 aromatic rings. The number of benzene rings is 3. The number of likely N-dealkylation sites (tertiary alicyclic amines) is 1. The average molecular weight is 381 g/mol. The number of H-pyrrole nitrogens is 1. The number of hydrogen-bond donors (Lipinski definition) is 1. The highest BCUT2D eigenvalue weighted by Crippen LogP contribution is 2.37. The van der Waals surface area contributed by atoms with Gasteiger partial charge in [-0.15, -0.1) is 0 Å². The molecule has 1 fully saturated rings. The molecule has 5 rings (SSSR count). The summed E-state index contributed by atoms with van der Waals surface area (Å²) in [6, 6.07) is 28.3. The second-order valence-corrected chi connectivity index (χ2v) is 8.09. The maximum absolute atomic E-state index is 3.76. The van der Waals surface area contributed by atoms with Gasteiger partial charge in [-0.1, -0.05) is 79.2 Å². The fraction of sp³-hybridized carbons (Fsp3) is 0.259. The molecule has 2 nitrogen and oxygen atoms in total. The summed E-state index contributed by atoms with van der Waals surface area (Å²) in [6.07, 6.45) is 5.15. The number of aromatic nitrogens is 1. The average Bonchev–Trinajstić information content (AvgIpc) is 3.18. The first-order valence-electron chi connectivity index (χ1n) is 10.9. The van der Waals surface area contributed by atoms with Crippen molar-refractivity contribution < 1.29 is 0 Å². The standard InChI is InChI=1S/C27H28N2/c1-4-11-21(12-5-1)23-15-10-16-25-26(23)24(17-20-29-18-8-3-9-19-29)27(28-25)22-13-6-2-7-14-22/h1-2,4-7,10-16,28H,3,8-9,17-20H2. The summed E-state index contributed by atoms with van der Waals surface area (Å²) < 4.78 is 0. The van der Waals surface area contributed by atoms with E-state index in [-0.39, 0.29) is 0 Å². The van der Waals surface area contributed by atoms with Crippen LogP contribution in [0.3, 0.4) is 0 Å². The van der Waals surface area contributed by atoms with Crippen LogP contribution in [0.1, 0.15) is 24.8 Å². The van der Waals surface area contributed by atoms with Crippen LogP contribution in [0.2, 0.25) is 0 Å². The summed E-state index contributed by atoms with van der Waals surface area (Å²) in [5.41, 5.74) is 7.86. The Hall–Kier alpha value is -2.84. The fourth-order valence-corrected chi connectivity index (χ4v) is 4.73. The van der Waals surface area contributed by atoms with Gasteiger partial charge in [0.2, 0.25) is 0 Å². The molecule has 2 heteroatoms. The number of hydrogen-bond acceptors (Lipinski definition) is 1. The number of nitrogens with zero attached hydrogens (tertiary/aromatic N) is 1. The van der Waals surface area contributed by atoms with E-state index in [0.29, 0.717) is 0 Å². The first-order valence-corrected chi connectivity index (χ1v) is 10.9. The lowest BCUT2D eigenvalue weighted by Crippen LogP contribution is -2.31. The summed E-state index contributed by atoms with van der Waals surface area (Å²) in [6.45, 7) is 3.62. The lowest BCUT2D eigenvalue weighted by atomic mass is 9.95. The number of aromatic amines is 1. The predicted octanol–water partition coefficient (Wildman–Crippen LogP) is 6.53. The molecule has 1 aromatic heterocycles. The van der Waals surface area contributed by atoms with Gasteiger partial charge in [-0.2, -0.15) is 0 Å². The van der Waals surface area contributed by atoms with Crippen molar-refractivity contribution in [2.45, 2.75) is 25.7 Å². The Balaban J connectivity index is 1.63. The third-order valence-corrected chi connectivity index (χ3v) is 6.20. The second kappa shape index (κ2) is 8.26. The molecule has 29 heavy (non-hydrogen) atoms. The minimum Gasteiger partial charge on any atom is -0.354 e. The van der Waals surface area contributed by atoms with Gasteiger partial charge in [0, 0.05) is 23.1 Å². The van der Waals surface area contributed by atoms with Crippen LogP contribution in [0.5, 0.6) is 0 Å². The zero-order valence-corrected chi connectivity index (χ0v) is 16.9. The van der Waals surface area contributed by atoms with Crippen LogP contribution in [0.15, 0.2) is 78.9 Å². The van der Waals surface area contributed by atoms with Crippen LogP contribution in [0.25, 0.3) is 33.3 Å². The smallest absolute Gasteiger partial charge is 0.0498 e. The van der Waals surface area contributed by atoms with Crippen molar-refractivity contribution in [3.8, 4) is 22.4 Å². The minimum absolute atomic E-state index is 1.08. The van der Waals surface area contributed by atoms with Gasteiger partial charge >= 0.3 is 0 Å². The normalized spacial score (nSPS) is 15.0. The molecule has 0 spiro atoms. The van der Waals surface area contributed by atoms with Crippen molar-refractivity contribution in [2.24, 2.45) is 0 Å². The summed E-state index contributed by atoms with van der Waals surface area (Å²) in [7, 11) is 0. The molecule has 1 N–H and O–H groups in total. The van der Waals surface area contributed by atoms with Crippen molar-refractivity contribution in [3.05, 3.63) is 84.4 Å². The highest BCUT2D eigenvalue weighted by atomic mass is 15.1. The molecule has 146 valence electrons. The summed E-state index contributed by atoms with van der Waals surface area (Å²) in [5, 5.41) is 1.38. The number of nitrogens with one attached hydrogen (secondary N) is 1. The quantitative estimate of drug-likeness (QED) is 0.417. The Labute approximate surface area is 173 Å². The molecule has 1 aliphatic heterocycles. The zero-order chi connectivity index (χ0) is 19.5. The molecule has 0 saturated carbocycles. The van der Waals surface area contributed by atoms with Gasteiger partial charge in [0.05, 0.1) is 0 Å². The van der Waals surface area contributed by atoms with Gasteiger partial charge in [0.25, 0.3) is 0 Å². The highest BCUT2D eigenvalue weighted by Gasteiger charge is 2.18. The van der Waals surface area contributed by atoms with E-state index in [9.17, 15) is 0 Å². The van der Waals surface area contributed by atoms with Crippen molar-refractivity contribution in [3.63, 3.8) is 0 Å². The Kier molecular flexibility index (Phi) is 5.19. The van der Waals surface area contributed by atoms with E-state index < -0.39 is 0 Å². The van der Waals surface area contributed by atoms with Crippen LogP contribution in [0, 0.1) is 0 Å². The number of rotatable bonds is 5. The molecular formula is C27H28N2. The number of fused-ring (bicyclic) bond motifs is 1. The lowest BCUT2D eigenvalue weighted by Gasteiger charge is -2.26. The molecule has 0 unspecified atom stereocenters. The van der Waals surface area contributed by atoms with Gasteiger partial charge in [-0.25, -0.2) is 0 Å². The van der Waals surface area contributed by atoms with E-state index in [2.05, 4.69) is 88.7 Å². The van der Waals surface area contributed by atoms with Crippen LogP contribution < -0.4 is 0 Å². The largest absolute Gasteiger partial charge is 0.354 e. The highest BCUT2D eigenvalue weighted by molar-refractivity contribution is 6.01. The second-order valence-electron chi connectivity index (χ2n) is 8.09. The van der Waals surface area contributed by atoms with Crippen LogP contribution >= 0.6 is 0 Å². The van der Waals surface area contributed by atoms with Crippen molar-refractivity contribution >= 4 is 10.9 Å². The van der Waals surface area contributed by atoms with Crippen LogP contribution in [-0.2, 0) is 6.42 Å². The molecule has 2 heterocycles. The predicted molar refractivity (Wildman–Crippen MR) is 123 cm³/mol. The SMILES string of the molecule is c1ccc(-c2[nH]c3cccc(-c4ccccc4)c3c2CCN2CCCCC2)cc1. The monoisotopic (exact) mass is 380 g/mol. The maximum atomic E-state index is 3.76. The Morgan fingerprint density at radius 1 is 0.690 bits per heavy atom.